The Balaban J connectivity index is 2.07. The minimum absolute atomic E-state index is 0.106. The predicted octanol–water partition coefficient (Wildman–Crippen LogP) is 2.93. The lowest BCUT2D eigenvalue weighted by molar-refractivity contribution is 0.206. The van der Waals surface area contributed by atoms with Gasteiger partial charge in [0.1, 0.15) is 0 Å². The number of carbonyl (C=O) groups excluding carboxylic acids is 1. The molecule has 2 amide bonds. The number of urea groups is 1. The zero-order chi connectivity index (χ0) is 19.3. The van der Waals surface area contributed by atoms with Crippen molar-refractivity contribution in [1.82, 2.24) is 14.5 Å². The smallest absolute Gasteiger partial charge is 0.317 e. The van der Waals surface area contributed by atoms with Crippen LogP contribution in [0.4, 0.5) is 4.79 Å². The molecule has 2 aromatic carbocycles. The van der Waals surface area contributed by atoms with E-state index in [0.29, 0.717) is 17.1 Å². The zero-order valence-corrected chi connectivity index (χ0v) is 16.5. The molecule has 0 spiro atoms. The molecule has 0 heterocycles. The predicted molar refractivity (Wildman–Crippen MR) is 102 cm³/mol. The van der Waals surface area contributed by atoms with E-state index in [-0.39, 0.29) is 17.5 Å². The molecule has 2 rings (SSSR count). The van der Waals surface area contributed by atoms with Gasteiger partial charge < -0.3 is 10.2 Å². The van der Waals surface area contributed by atoms with Crippen LogP contribution in [0.3, 0.4) is 0 Å². The number of hydrogen-bond donors (Lipinski definition) is 1. The Morgan fingerprint density at radius 2 is 1.58 bits per heavy atom. The van der Waals surface area contributed by atoms with E-state index in [4.69, 9.17) is 11.6 Å². The highest BCUT2D eigenvalue weighted by molar-refractivity contribution is 7.89. The average Bonchev–Trinajstić information content (AvgIpc) is 2.61. The zero-order valence-electron chi connectivity index (χ0n) is 14.9. The minimum atomic E-state index is -3.58. The molecule has 0 saturated heterocycles. The van der Waals surface area contributed by atoms with Crippen molar-refractivity contribution < 1.29 is 13.2 Å². The van der Waals surface area contributed by atoms with E-state index < -0.39 is 10.0 Å². The molecule has 0 radical (unpaired) electrons. The topological polar surface area (TPSA) is 69.7 Å². The molecule has 0 atom stereocenters. The van der Waals surface area contributed by atoms with E-state index in [0.717, 1.165) is 9.87 Å². The number of rotatable bonds is 6. The van der Waals surface area contributed by atoms with Crippen molar-refractivity contribution in [3.05, 3.63) is 64.7 Å². The van der Waals surface area contributed by atoms with Gasteiger partial charge in [0.05, 0.1) is 4.90 Å². The maximum Gasteiger partial charge on any atom is 0.317 e. The van der Waals surface area contributed by atoms with Gasteiger partial charge in [0.2, 0.25) is 10.0 Å². The third kappa shape index (κ3) is 4.75. The van der Waals surface area contributed by atoms with Gasteiger partial charge in [0, 0.05) is 39.3 Å². The Bertz CT molecular complexity index is 885. The van der Waals surface area contributed by atoms with Gasteiger partial charge in [0.25, 0.3) is 0 Å². The van der Waals surface area contributed by atoms with Crippen LogP contribution in [-0.2, 0) is 23.1 Å². The number of sulfonamides is 1. The van der Waals surface area contributed by atoms with Gasteiger partial charge in [-0.15, -0.1) is 0 Å². The Kier molecular flexibility index (Phi) is 6.63. The van der Waals surface area contributed by atoms with Gasteiger partial charge in [-0.3, -0.25) is 0 Å². The first-order valence-electron chi connectivity index (χ1n) is 7.96. The molecule has 0 aromatic heterocycles. The first-order valence-corrected chi connectivity index (χ1v) is 9.78. The van der Waals surface area contributed by atoms with Crippen LogP contribution in [0.15, 0.2) is 53.4 Å². The molecule has 8 heteroatoms. The highest BCUT2D eigenvalue weighted by atomic mass is 35.5. The van der Waals surface area contributed by atoms with Gasteiger partial charge in [-0.25, -0.2) is 17.5 Å². The summed E-state index contributed by atoms with van der Waals surface area (Å²) >= 11 is 6.12. The minimum Gasteiger partial charge on any atom is -0.334 e. The summed E-state index contributed by atoms with van der Waals surface area (Å²) < 4.78 is 25.9. The highest BCUT2D eigenvalue weighted by Crippen LogP contribution is 2.19. The van der Waals surface area contributed by atoms with Crippen molar-refractivity contribution in [2.75, 3.05) is 21.1 Å². The summed E-state index contributed by atoms with van der Waals surface area (Å²) in [6.07, 6.45) is 0. The van der Waals surface area contributed by atoms with E-state index >= 15 is 0 Å². The molecule has 6 nitrogen and oxygen atoms in total. The molecule has 0 aliphatic heterocycles. The number of benzene rings is 2. The maximum absolute atomic E-state index is 12.4. The molecule has 0 aliphatic carbocycles. The van der Waals surface area contributed by atoms with Gasteiger partial charge in [0.15, 0.2) is 0 Å². The van der Waals surface area contributed by atoms with Crippen LogP contribution in [-0.4, -0.2) is 44.8 Å². The fraction of sp³-hybridized carbons (Fsp3) is 0.278. The molecular formula is C18H22ClN3O3S. The van der Waals surface area contributed by atoms with E-state index in [2.05, 4.69) is 5.32 Å². The SMILES string of the molecule is CN(Cc1ccccc1Cl)C(=O)NCc1ccccc1S(=O)(=O)N(C)C. The van der Waals surface area contributed by atoms with Crippen LogP contribution in [0.25, 0.3) is 0 Å². The molecule has 1 N–H and O–H groups in total. The fourth-order valence-electron chi connectivity index (χ4n) is 2.36. The van der Waals surface area contributed by atoms with E-state index in [1.807, 2.05) is 18.2 Å². The molecule has 26 heavy (non-hydrogen) atoms. The van der Waals surface area contributed by atoms with Crippen molar-refractivity contribution in [3.8, 4) is 0 Å². The maximum atomic E-state index is 12.4. The van der Waals surface area contributed by atoms with Crippen molar-refractivity contribution in [3.63, 3.8) is 0 Å². The highest BCUT2D eigenvalue weighted by Gasteiger charge is 2.21. The molecular weight excluding hydrogens is 374 g/mol. The molecule has 0 bridgehead atoms. The Morgan fingerprint density at radius 1 is 1.00 bits per heavy atom. The Morgan fingerprint density at radius 3 is 2.19 bits per heavy atom. The van der Waals surface area contributed by atoms with E-state index in [1.165, 1.54) is 25.1 Å². The standard InChI is InChI=1S/C18H22ClN3O3S/c1-21(2)26(24,25)17-11-7-5-8-14(17)12-20-18(23)22(3)13-15-9-4-6-10-16(15)19/h4-11H,12-13H2,1-3H3,(H,20,23). The van der Waals surface area contributed by atoms with Gasteiger partial charge in [-0.1, -0.05) is 48.0 Å². The number of halogens is 1. The molecule has 0 saturated carbocycles. The molecule has 0 aliphatic rings. The second-order valence-electron chi connectivity index (χ2n) is 6.00. The first kappa shape index (κ1) is 20.2. The molecule has 0 fully saturated rings. The van der Waals surface area contributed by atoms with Crippen LogP contribution in [0.1, 0.15) is 11.1 Å². The monoisotopic (exact) mass is 395 g/mol. The molecule has 0 unspecified atom stereocenters. The summed E-state index contributed by atoms with van der Waals surface area (Å²) in [7, 11) is 1.02. The van der Waals surface area contributed by atoms with Crippen LogP contribution in [0, 0.1) is 0 Å². The summed E-state index contributed by atoms with van der Waals surface area (Å²) in [5.74, 6) is 0. The lowest BCUT2D eigenvalue weighted by atomic mass is 10.2. The number of nitrogens with one attached hydrogen (secondary N) is 1. The normalized spacial score (nSPS) is 11.4. The van der Waals surface area contributed by atoms with Crippen molar-refractivity contribution in [1.29, 1.82) is 0 Å². The van der Waals surface area contributed by atoms with Crippen molar-refractivity contribution in [2.45, 2.75) is 18.0 Å². The summed E-state index contributed by atoms with van der Waals surface area (Å²) in [5.41, 5.74) is 1.36. The number of carbonyl (C=O) groups is 1. The second kappa shape index (κ2) is 8.53. The summed E-state index contributed by atoms with van der Waals surface area (Å²) in [5, 5.41) is 3.34. The lowest BCUT2D eigenvalue weighted by Crippen LogP contribution is -2.37. The van der Waals surface area contributed by atoms with Crippen LogP contribution >= 0.6 is 11.6 Å². The lowest BCUT2D eigenvalue weighted by Gasteiger charge is -2.20. The average molecular weight is 396 g/mol. The number of amides is 2. The third-order valence-electron chi connectivity index (χ3n) is 3.87. The largest absolute Gasteiger partial charge is 0.334 e. The number of nitrogens with zero attached hydrogens (tertiary/aromatic N) is 2. The third-order valence-corrected chi connectivity index (χ3v) is 6.16. The van der Waals surface area contributed by atoms with Crippen LogP contribution in [0.5, 0.6) is 0 Å². The van der Waals surface area contributed by atoms with Crippen molar-refractivity contribution >= 4 is 27.7 Å². The summed E-state index contributed by atoms with van der Waals surface area (Å²) in [6.45, 7) is 0.456. The van der Waals surface area contributed by atoms with E-state index in [1.54, 1.807) is 31.3 Å². The Labute approximate surface area is 159 Å². The van der Waals surface area contributed by atoms with Gasteiger partial charge in [-0.2, -0.15) is 0 Å². The van der Waals surface area contributed by atoms with Gasteiger partial charge in [-0.05, 0) is 23.3 Å². The Hall–Kier alpha value is -2.09. The summed E-state index contributed by atoms with van der Waals surface area (Å²) in [6, 6.07) is 13.6. The summed E-state index contributed by atoms with van der Waals surface area (Å²) in [4.78, 5) is 14.0. The van der Waals surface area contributed by atoms with Gasteiger partial charge >= 0.3 is 6.03 Å². The fourth-order valence-corrected chi connectivity index (χ4v) is 3.67. The number of hydrogen-bond acceptors (Lipinski definition) is 3. The quantitative estimate of drug-likeness (QED) is 0.817. The van der Waals surface area contributed by atoms with Crippen LogP contribution < -0.4 is 5.32 Å². The first-order chi connectivity index (χ1) is 12.2. The second-order valence-corrected chi connectivity index (χ2v) is 8.53. The molecule has 2 aromatic rings. The van der Waals surface area contributed by atoms with E-state index in [9.17, 15) is 13.2 Å². The van der Waals surface area contributed by atoms with Crippen LogP contribution in [0.2, 0.25) is 5.02 Å². The molecule has 140 valence electrons. The van der Waals surface area contributed by atoms with Crippen molar-refractivity contribution in [2.24, 2.45) is 0 Å².